The molecule has 0 saturated heterocycles. The molecule has 2 aromatic heterocycles. The first-order chi connectivity index (χ1) is 5.70. The van der Waals surface area contributed by atoms with Gasteiger partial charge in [0.2, 0.25) is 0 Å². The fourth-order valence-electron chi connectivity index (χ4n) is 1.16. The molecule has 0 aliphatic carbocycles. The lowest BCUT2D eigenvalue weighted by molar-refractivity contribution is 0.198. The molecular weight excluding hydrogens is 156 g/mol. The SMILES string of the molecule is Cc1cnc(N)c2c1ncn2O. The molecule has 0 spiro atoms. The van der Waals surface area contributed by atoms with Crippen LogP contribution >= 0.6 is 0 Å². The van der Waals surface area contributed by atoms with Gasteiger partial charge in [0.25, 0.3) is 0 Å². The Morgan fingerprint density at radius 2 is 2.25 bits per heavy atom. The van der Waals surface area contributed by atoms with Crippen LogP contribution in [0.3, 0.4) is 0 Å². The summed E-state index contributed by atoms with van der Waals surface area (Å²) in [6.07, 6.45) is 2.93. The second kappa shape index (κ2) is 2.10. The van der Waals surface area contributed by atoms with E-state index in [0.717, 1.165) is 10.3 Å². The van der Waals surface area contributed by atoms with Gasteiger partial charge in [0.15, 0.2) is 5.82 Å². The zero-order valence-electron chi connectivity index (χ0n) is 6.52. The first-order valence-corrected chi connectivity index (χ1v) is 3.47. The van der Waals surface area contributed by atoms with E-state index in [1.807, 2.05) is 6.92 Å². The number of hydrogen-bond acceptors (Lipinski definition) is 4. The lowest BCUT2D eigenvalue weighted by Crippen LogP contribution is -1.96. The van der Waals surface area contributed by atoms with Crippen molar-refractivity contribution in [3.05, 3.63) is 18.1 Å². The Balaban J connectivity index is 2.98. The summed E-state index contributed by atoms with van der Waals surface area (Å²) < 4.78 is 0.880. The minimum Gasteiger partial charge on any atom is -0.427 e. The molecule has 0 amide bonds. The maximum absolute atomic E-state index is 9.25. The number of nitrogens with zero attached hydrogens (tertiary/aromatic N) is 3. The van der Waals surface area contributed by atoms with Gasteiger partial charge >= 0.3 is 0 Å². The highest BCUT2D eigenvalue weighted by molar-refractivity contribution is 5.86. The first kappa shape index (κ1) is 6.90. The normalized spacial score (nSPS) is 10.8. The second-order valence-corrected chi connectivity index (χ2v) is 2.61. The molecule has 0 aliphatic heterocycles. The van der Waals surface area contributed by atoms with E-state index < -0.39 is 0 Å². The molecule has 2 aromatic rings. The molecule has 0 bridgehead atoms. The number of nitrogens with two attached hydrogens (primary N) is 1. The Kier molecular flexibility index (Phi) is 1.21. The Labute approximate surface area is 68.4 Å². The zero-order chi connectivity index (χ0) is 8.72. The Morgan fingerprint density at radius 1 is 1.50 bits per heavy atom. The van der Waals surface area contributed by atoms with Gasteiger partial charge in [-0.1, -0.05) is 0 Å². The number of nitrogen functional groups attached to an aromatic ring is 1. The number of pyridine rings is 1. The fraction of sp³-hybridized carbons (Fsp3) is 0.143. The van der Waals surface area contributed by atoms with Crippen molar-refractivity contribution < 1.29 is 5.21 Å². The van der Waals surface area contributed by atoms with Crippen molar-refractivity contribution in [3.63, 3.8) is 0 Å². The third-order valence-corrected chi connectivity index (χ3v) is 1.76. The topological polar surface area (TPSA) is 77.0 Å². The summed E-state index contributed by atoms with van der Waals surface area (Å²) in [5.41, 5.74) is 7.59. The number of hydrogen-bond donors (Lipinski definition) is 2. The predicted molar refractivity (Wildman–Crippen MR) is 43.9 cm³/mol. The quantitative estimate of drug-likeness (QED) is 0.558. The van der Waals surface area contributed by atoms with E-state index in [-0.39, 0.29) is 5.82 Å². The van der Waals surface area contributed by atoms with Crippen molar-refractivity contribution in [1.29, 1.82) is 0 Å². The van der Waals surface area contributed by atoms with Crippen molar-refractivity contribution in [1.82, 2.24) is 14.7 Å². The number of fused-ring (bicyclic) bond motifs is 1. The maximum Gasteiger partial charge on any atom is 0.153 e. The van der Waals surface area contributed by atoms with Gasteiger partial charge in [-0.05, 0) is 12.5 Å². The molecule has 12 heavy (non-hydrogen) atoms. The van der Waals surface area contributed by atoms with Crippen LogP contribution in [0.4, 0.5) is 5.82 Å². The summed E-state index contributed by atoms with van der Waals surface area (Å²) in [5.74, 6) is 0.288. The van der Waals surface area contributed by atoms with Crippen LogP contribution in [0.5, 0.6) is 0 Å². The third kappa shape index (κ3) is 0.730. The molecule has 2 heterocycles. The van der Waals surface area contributed by atoms with Gasteiger partial charge in [0, 0.05) is 6.20 Å². The average Bonchev–Trinajstić information content (AvgIpc) is 2.42. The van der Waals surface area contributed by atoms with Gasteiger partial charge in [-0.3, -0.25) is 0 Å². The average molecular weight is 164 g/mol. The molecule has 0 aromatic carbocycles. The summed E-state index contributed by atoms with van der Waals surface area (Å²) in [6, 6.07) is 0. The predicted octanol–water partition coefficient (Wildman–Crippen LogP) is 0.559. The molecule has 5 heteroatoms. The molecular formula is C7H8N4O. The van der Waals surface area contributed by atoms with Gasteiger partial charge in [-0.25, -0.2) is 9.97 Å². The second-order valence-electron chi connectivity index (χ2n) is 2.61. The lowest BCUT2D eigenvalue weighted by atomic mass is 10.2. The van der Waals surface area contributed by atoms with Crippen LogP contribution in [0.15, 0.2) is 12.5 Å². The van der Waals surface area contributed by atoms with Gasteiger partial charge < -0.3 is 10.9 Å². The number of imidazole rings is 1. The molecule has 0 unspecified atom stereocenters. The number of aryl methyl sites for hydroxylation is 1. The highest BCUT2D eigenvalue weighted by Gasteiger charge is 2.08. The number of aromatic nitrogens is 3. The van der Waals surface area contributed by atoms with Crippen LogP contribution in [0, 0.1) is 6.92 Å². The Morgan fingerprint density at radius 3 is 2.92 bits per heavy atom. The lowest BCUT2D eigenvalue weighted by Gasteiger charge is -1.98. The molecule has 0 saturated carbocycles. The van der Waals surface area contributed by atoms with Crippen LogP contribution in [0.25, 0.3) is 11.0 Å². The van der Waals surface area contributed by atoms with E-state index in [0.29, 0.717) is 11.0 Å². The molecule has 0 atom stereocenters. The van der Waals surface area contributed by atoms with Crippen molar-refractivity contribution >= 4 is 16.9 Å². The Hall–Kier alpha value is -1.78. The molecule has 2 rings (SSSR count). The van der Waals surface area contributed by atoms with E-state index in [2.05, 4.69) is 9.97 Å². The standard InChI is InChI=1S/C7H8N4O/c1-4-2-9-7(8)6-5(4)10-3-11(6)12/h2-3,12H,1H3,(H2,8,9). The minimum atomic E-state index is 0.288. The summed E-state index contributed by atoms with van der Waals surface area (Å²) in [7, 11) is 0. The van der Waals surface area contributed by atoms with E-state index in [1.54, 1.807) is 6.20 Å². The van der Waals surface area contributed by atoms with E-state index >= 15 is 0 Å². The van der Waals surface area contributed by atoms with Crippen molar-refractivity contribution in [2.45, 2.75) is 6.92 Å². The highest BCUT2D eigenvalue weighted by atomic mass is 16.5. The van der Waals surface area contributed by atoms with Crippen LogP contribution in [0.2, 0.25) is 0 Å². The van der Waals surface area contributed by atoms with Crippen LogP contribution < -0.4 is 5.73 Å². The minimum absolute atomic E-state index is 0.288. The summed E-state index contributed by atoms with van der Waals surface area (Å²) in [5, 5.41) is 9.25. The van der Waals surface area contributed by atoms with Crippen molar-refractivity contribution in [3.8, 4) is 0 Å². The monoisotopic (exact) mass is 164 g/mol. The van der Waals surface area contributed by atoms with Gasteiger partial charge in [0.05, 0.1) is 0 Å². The Bertz CT molecular complexity index is 434. The van der Waals surface area contributed by atoms with Crippen LogP contribution in [-0.2, 0) is 0 Å². The van der Waals surface area contributed by atoms with Crippen LogP contribution in [-0.4, -0.2) is 19.9 Å². The molecule has 3 N–H and O–H groups in total. The molecule has 0 aliphatic rings. The van der Waals surface area contributed by atoms with E-state index in [1.165, 1.54) is 6.33 Å². The fourth-order valence-corrected chi connectivity index (χ4v) is 1.16. The highest BCUT2D eigenvalue weighted by Crippen LogP contribution is 2.19. The molecule has 5 nitrogen and oxygen atoms in total. The summed E-state index contributed by atoms with van der Waals surface area (Å²) >= 11 is 0. The molecule has 0 fully saturated rings. The summed E-state index contributed by atoms with van der Waals surface area (Å²) in [4.78, 5) is 7.87. The van der Waals surface area contributed by atoms with Gasteiger partial charge in [0.1, 0.15) is 17.4 Å². The van der Waals surface area contributed by atoms with E-state index in [9.17, 15) is 5.21 Å². The first-order valence-electron chi connectivity index (χ1n) is 3.47. The number of anilines is 1. The van der Waals surface area contributed by atoms with Crippen LogP contribution in [0.1, 0.15) is 5.56 Å². The van der Waals surface area contributed by atoms with Crippen molar-refractivity contribution in [2.75, 3.05) is 5.73 Å². The van der Waals surface area contributed by atoms with Gasteiger partial charge in [-0.2, -0.15) is 4.73 Å². The van der Waals surface area contributed by atoms with Crippen molar-refractivity contribution in [2.24, 2.45) is 0 Å². The third-order valence-electron chi connectivity index (χ3n) is 1.76. The maximum atomic E-state index is 9.25. The largest absolute Gasteiger partial charge is 0.427 e. The summed E-state index contributed by atoms with van der Waals surface area (Å²) in [6.45, 7) is 1.86. The molecule has 0 radical (unpaired) electrons. The van der Waals surface area contributed by atoms with Gasteiger partial charge in [-0.15, -0.1) is 0 Å². The number of rotatable bonds is 0. The van der Waals surface area contributed by atoms with E-state index in [4.69, 9.17) is 5.73 Å². The smallest absolute Gasteiger partial charge is 0.153 e. The molecule has 62 valence electrons. The zero-order valence-corrected chi connectivity index (χ0v) is 6.52.